The molecule has 0 spiro atoms. The van der Waals surface area contributed by atoms with Crippen LogP contribution in [0, 0.1) is 0 Å². The topological polar surface area (TPSA) is 151 Å². The van der Waals surface area contributed by atoms with Gasteiger partial charge in [-0.1, -0.05) is 0 Å². The van der Waals surface area contributed by atoms with E-state index >= 15 is 0 Å². The maximum Gasteiger partial charge on any atom is 0.481 e. The van der Waals surface area contributed by atoms with E-state index in [1.165, 1.54) is 6.92 Å². The Balaban J connectivity index is 4.31. The van der Waals surface area contributed by atoms with E-state index in [4.69, 9.17) is 19.8 Å². The van der Waals surface area contributed by atoms with Crippen molar-refractivity contribution >= 4 is 21.6 Å². The van der Waals surface area contributed by atoms with Crippen LogP contribution >= 0.6 is 15.6 Å². The highest BCUT2D eigenvalue weighted by Crippen LogP contribution is 2.57. The lowest BCUT2D eigenvalue weighted by Crippen LogP contribution is -1.99. The van der Waals surface area contributed by atoms with Gasteiger partial charge < -0.3 is 19.8 Å². The van der Waals surface area contributed by atoms with Gasteiger partial charge in [-0.15, -0.1) is 0 Å². The van der Waals surface area contributed by atoms with Crippen molar-refractivity contribution in [2.24, 2.45) is 0 Å². The minimum atomic E-state index is -5.15. The largest absolute Gasteiger partial charge is 0.481 e. The zero-order valence-corrected chi connectivity index (χ0v) is 9.80. The van der Waals surface area contributed by atoms with Gasteiger partial charge in [0, 0.05) is 5.57 Å². The van der Waals surface area contributed by atoms with Gasteiger partial charge in [-0.25, -0.2) is 13.9 Å². The van der Waals surface area contributed by atoms with Crippen molar-refractivity contribution in [1.29, 1.82) is 0 Å². The molecule has 0 rings (SSSR count). The van der Waals surface area contributed by atoms with Crippen LogP contribution in [-0.4, -0.2) is 32.4 Å². The van der Waals surface area contributed by atoms with E-state index < -0.39 is 28.2 Å². The molecule has 0 bridgehead atoms. The van der Waals surface area contributed by atoms with Crippen molar-refractivity contribution in [1.82, 2.24) is 0 Å². The normalized spacial score (nSPS) is 16.9. The van der Waals surface area contributed by atoms with Crippen LogP contribution < -0.4 is 0 Å². The summed E-state index contributed by atoms with van der Waals surface area (Å²) in [5.74, 6) is -1.26. The molecule has 11 heteroatoms. The molecule has 0 aliphatic rings. The summed E-state index contributed by atoms with van der Waals surface area (Å²) in [6.45, 7) is 0.573. The van der Waals surface area contributed by atoms with Gasteiger partial charge in [0.15, 0.2) is 0 Å². The Hall–Kier alpha value is -0.530. The molecule has 94 valence electrons. The second-order valence-electron chi connectivity index (χ2n) is 2.53. The van der Waals surface area contributed by atoms with E-state index in [0.29, 0.717) is 0 Å². The van der Waals surface area contributed by atoms with Crippen LogP contribution in [0.2, 0.25) is 0 Å². The first-order valence-corrected chi connectivity index (χ1v) is 6.70. The molecular formula is C5H10O9P2. The highest BCUT2D eigenvalue weighted by molar-refractivity contribution is 7.60. The van der Waals surface area contributed by atoms with Gasteiger partial charge in [0.1, 0.15) is 0 Å². The molecule has 16 heavy (non-hydrogen) atoms. The Morgan fingerprint density at radius 2 is 1.81 bits per heavy atom. The molecule has 0 radical (unpaired) electrons. The molecular weight excluding hydrogens is 266 g/mol. The smallest absolute Gasteiger partial charge is 0.478 e. The Bertz CT molecular complexity index is 379. The Morgan fingerprint density at radius 3 is 2.19 bits per heavy atom. The number of phosphoric ester groups is 1. The second kappa shape index (κ2) is 5.70. The lowest BCUT2D eigenvalue weighted by atomic mass is 10.3. The summed E-state index contributed by atoms with van der Waals surface area (Å²) in [4.78, 5) is 35.5. The molecule has 1 atom stereocenters. The van der Waals surface area contributed by atoms with E-state index in [9.17, 15) is 13.9 Å². The maximum absolute atomic E-state index is 10.8. The summed E-state index contributed by atoms with van der Waals surface area (Å²) in [6.07, 6.45) is 0.939. The number of carbonyl (C=O) groups is 1. The van der Waals surface area contributed by atoms with Crippen molar-refractivity contribution in [3.05, 3.63) is 11.6 Å². The SMILES string of the molecule is CC(=CCOP(=O)(O)OP(=O)(O)O)C(=O)O. The lowest BCUT2D eigenvalue weighted by Gasteiger charge is -2.10. The minimum Gasteiger partial charge on any atom is -0.478 e. The zero-order chi connectivity index (χ0) is 13.0. The molecule has 0 aromatic carbocycles. The van der Waals surface area contributed by atoms with E-state index in [0.717, 1.165) is 6.08 Å². The molecule has 9 nitrogen and oxygen atoms in total. The monoisotopic (exact) mass is 276 g/mol. The summed E-state index contributed by atoms with van der Waals surface area (Å²) in [7, 11) is -10.0. The number of carboxylic acids is 1. The third-order valence-corrected chi connectivity index (χ3v) is 3.33. The van der Waals surface area contributed by atoms with E-state index in [1.807, 2.05) is 0 Å². The first-order chi connectivity index (χ1) is 7.03. The summed E-state index contributed by atoms with van der Waals surface area (Å²) in [6, 6.07) is 0. The van der Waals surface area contributed by atoms with E-state index in [2.05, 4.69) is 8.83 Å². The van der Waals surface area contributed by atoms with Crippen molar-refractivity contribution in [2.45, 2.75) is 6.92 Å². The molecule has 0 aromatic rings. The van der Waals surface area contributed by atoms with Crippen LogP contribution in [0.1, 0.15) is 6.92 Å². The molecule has 1 unspecified atom stereocenters. The van der Waals surface area contributed by atoms with Crippen molar-refractivity contribution in [2.75, 3.05) is 6.61 Å². The number of aliphatic carboxylic acids is 1. The predicted molar refractivity (Wildman–Crippen MR) is 50.3 cm³/mol. The molecule has 0 aliphatic heterocycles. The van der Waals surface area contributed by atoms with Crippen LogP contribution in [0.4, 0.5) is 0 Å². The number of rotatable bonds is 6. The molecule has 0 aromatic heterocycles. The van der Waals surface area contributed by atoms with Crippen LogP contribution in [0.25, 0.3) is 0 Å². The van der Waals surface area contributed by atoms with E-state index in [-0.39, 0.29) is 5.57 Å². The van der Waals surface area contributed by atoms with Gasteiger partial charge in [-0.2, -0.15) is 4.31 Å². The fraction of sp³-hybridized carbons (Fsp3) is 0.400. The fourth-order valence-electron chi connectivity index (χ4n) is 0.502. The summed E-state index contributed by atoms with van der Waals surface area (Å²) in [5.41, 5.74) is -0.156. The molecule has 4 N–H and O–H groups in total. The third kappa shape index (κ3) is 7.72. The lowest BCUT2D eigenvalue weighted by molar-refractivity contribution is -0.132. The number of carboxylic acid groups (broad SMARTS) is 1. The fourth-order valence-corrected chi connectivity index (χ4v) is 2.03. The molecule has 0 aliphatic carbocycles. The van der Waals surface area contributed by atoms with Gasteiger partial charge in [0.25, 0.3) is 0 Å². The molecule has 0 amide bonds. The Kier molecular flexibility index (Phi) is 5.51. The van der Waals surface area contributed by atoms with Crippen LogP contribution in [0.15, 0.2) is 11.6 Å². The van der Waals surface area contributed by atoms with Gasteiger partial charge in [0.05, 0.1) is 6.61 Å². The quantitative estimate of drug-likeness (QED) is 0.395. The average Bonchev–Trinajstić information content (AvgIpc) is 1.98. The molecule has 0 saturated heterocycles. The van der Waals surface area contributed by atoms with Crippen LogP contribution in [-0.2, 0) is 22.8 Å². The summed E-state index contributed by atoms with van der Waals surface area (Å²) in [5, 5.41) is 8.39. The minimum absolute atomic E-state index is 0.156. The van der Waals surface area contributed by atoms with Gasteiger partial charge >= 0.3 is 21.6 Å². The third-order valence-electron chi connectivity index (χ3n) is 1.17. The van der Waals surface area contributed by atoms with Gasteiger partial charge in [0.2, 0.25) is 0 Å². The molecule has 0 fully saturated rings. The second-order valence-corrected chi connectivity index (χ2v) is 5.36. The summed E-state index contributed by atoms with van der Waals surface area (Å²) < 4.78 is 28.6. The van der Waals surface area contributed by atoms with E-state index in [1.54, 1.807) is 0 Å². The number of phosphoric acid groups is 2. The highest BCUT2D eigenvalue weighted by atomic mass is 31.3. The van der Waals surface area contributed by atoms with Crippen molar-refractivity contribution < 1.29 is 42.5 Å². The predicted octanol–water partition coefficient (Wildman–Crippen LogP) is 0.244. The van der Waals surface area contributed by atoms with Crippen molar-refractivity contribution in [3.63, 3.8) is 0 Å². The molecule has 0 heterocycles. The number of hydrogen-bond donors (Lipinski definition) is 4. The standard InChI is InChI=1S/C5H10O9P2/c1-4(5(6)7)2-3-13-16(11,12)14-15(8,9)10/h2H,3H2,1H3,(H,6,7)(H,11,12)(H2,8,9,10). The maximum atomic E-state index is 10.8. The number of hydrogen-bond acceptors (Lipinski definition) is 5. The van der Waals surface area contributed by atoms with Crippen molar-refractivity contribution in [3.8, 4) is 0 Å². The first kappa shape index (κ1) is 15.5. The Morgan fingerprint density at radius 1 is 1.31 bits per heavy atom. The average molecular weight is 276 g/mol. The zero-order valence-electron chi connectivity index (χ0n) is 8.01. The molecule has 0 saturated carbocycles. The first-order valence-electron chi connectivity index (χ1n) is 3.68. The summed E-state index contributed by atoms with van der Waals surface area (Å²) >= 11 is 0. The van der Waals surface area contributed by atoms with Gasteiger partial charge in [-0.3, -0.25) is 4.52 Å². The van der Waals surface area contributed by atoms with Crippen LogP contribution in [0.5, 0.6) is 0 Å². The van der Waals surface area contributed by atoms with Gasteiger partial charge in [-0.05, 0) is 13.0 Å². The Labute approximate surface area is 90.2 Å². The van der Waals surface area contributed by atoms with Crippen LogP contribution in [0.3, 0.4) is 0 Å². The highest BCUT2D eigenvalue weighted by Gasteiger charge is 2.31.